The zero-order valence-corrected chi connectivity index (χ0v) is 20.9. The molecule has 1 atom stereocenters. The number of hydrogen-bond acceptors (Lipinski definition) is 9. The predicted octanol–water partition coefficient (Wildman–Crippen LogP) is 3.87. The van der Waals surface area contributed by atoms with Gasteiger partial charge in [0.1, 0.15) is 23.3 Å². The average Bonchev–Trinajstić information content (AvgIpc) is 3.60. The van der Waals surface area contributed by atoms with Crippen LogP contribution in [0, 0.1) is 17.0 Å². The van der Waals surface area contributed by atoms with Crippen molar-refractivity contribution in [2.45, 2.75) is 26.8 Å². The van der Waals surface area contributed by atoms with Crippen molar-refractivity contribution in [2.75, 3.05) is 6.61 Å². The SMILES string of the molecule is CCOC(=O)C1=C(C)N=c2s/c(=C\c3ccco3)c(=O)n2[C@@H]1c1ccc(-c2cc([N+](=O)[O-])ccc2C)o1. The number of allylic oxidation sites excluding steroid dienone is 1. The molecule has 1 aliphatic heterocycles. The van der Waals surface area contributed by atoms with Gasteiger partial charge in [0.05, 0.1) is 33.6 Å². The normalized spacial score (nSPS) is 15.4. The molecule has 3 aromatic heterocycles. The molecule has 0 radical (unpaired) electrons. The second-order valence-corrected chi connectivity index (χ2v) is 9.29. The fraction of sp³-hybridized carbons (Fsp3) is 0.192. The smallest absolute Gasteiger partial charge is 0.338 e. The molecule has 0 aliphatic carbocycles. The van der Waals surface area contributed by atoms with Crippen LogP contribution in [0.1, 0.15) is 37.0 Å². The molecule has 4 heterocycles. The molecular weight excluding hydrogens is 498 g/mol. The number of hydrogen-bond donors (Lipinski definition) is 0. The van der Waals surface area contributed by atoms with Crippen LogP contribution in [0.15, 0.2) is 78.6 Å². The highest BCUT2D eigenvalue weighted by Crippen LogP contribution is 2.35. The summed E-state index contributed by atoms with van der Waals surface area (Å²) in [5.74, 6) is 0.554. The second kappa shape index (κ2) is 9.51. The van der Waals surface area contributed by atoms with Crippen LogP contribution >= 0.6 is 11.3 Å². The number of non-ortho nitro benzene ring substituents is 1. The van der Waals surface area contributed by atoms with Crippen LogP contribution < -0.4 is 14.9 Å². The van der Waals surface area contributed by atoms with Crippen LogP contribution in [0.25, 0.3) is 17.4 Å². The lowest BCUT2D eigenvalue weighted by Gasteiger charge is -2.22. The molecule has 188 valence electrons. The minimum Gasteiger partial charge on any atom is -0.465 e. The van der Waals surface area contributed by atoms with Crippen LogP contribution in [-0.4, -0.2) is 22.1 Å². The number of nitro groups is 1. The van der Waals surface area contributed by atoms with Gasteiger partial charge in [-0.1, -0.05) is 17.4 Å². The Hall–Kier alpha value is -4.51. The van der Waals surface area contributed by atoms with Gasteiger partial charge in [0.15, 0.2) is 4.80 Å². The van der Waals surface area contributed by atoms with E-state index in [1.54, 1.807) is 50.3 Å². The number of rotatable bonds is 6. The lowest BCUT2D eigenvalue weighted by Crippen LogP contribution is -2.39. The van der Waals surface area contributed by atoms with Gasteiger partial charge >= 0.3 is 5.97 Å². The summed E-state index contributed by atoms with van der Waals surface area (Å²) in [6.45, 7) is 5.32. The van der Waals surface area contributed by atoms with Crippen molar-refractivity contribution in [1.29, 1.82) is 0 Å². The third-order valence-corrected chi connectivity index (χ3v) is 6.91. The molecule has 0 spiro atoms. The molecule has 0 amide bonds. The minimum atomic E-state index is -0.943. The molecule has 5 rings (SSSR count). The van der Waals surface area contributed by atoms with E-state index in [-0.39, 0.29) is 23.4 Å². The zero-order chi connectivity index (χ0) is 26.3. The fourth-order valence-corrected chi connectivity index (χ4v) is 5.22. The number of carbonyl (C=O) groups excluding carboxylic acids is 1. The van der Waals surface area contributed by atoms with Gasteiger partial charge < -0.3 is 13.6 Å². The Kier molecular flexibility index (Phi) is 6.22. The Morgan fingerprint density at radius 1 is 1.27 bits per heavy atom. The molecule has 0 unspecified atom stereocenters. The topological polar surface area (TPSA) is 130 Å². The van der Waals surface area contributed by atoms with Gasteiger partial charge in [-0.15, -0.1) is 0 Å². The maximum Gasteiger partial charge on any atom is 0.338 e. The molecule has 0 bridgehead atoms. The number of furan rings is 2. The highest BCUT2D eigenvalue weighted by atomic mass is 32.1. The molecule has 1 aromatic carbocycles. The Bertz CT molecular complexity index is 1740. The van der Waals surface area contributed by atoms with Crippen molar-refractivity contribution in [3.63, 3.8) is 0 Å². The van der Waals surface area contributed by atoms with Crippen LogP contribution in [-0.2, 0) is 9.53 Å². The van der Waals surface area contributed by atoms with Crippen LogP contribution in [0.5, 0.6) is 0 Å². The maximum absolute atomic E-state index is 13.6. The van der Waals surface area contributed by atoms with Gasteiger partial charge in [-0.2, -0.15) is 0 Å². The number of nitrogens with zero attached hydrogens (tertiary/aromatic N) is 3. The Morgan fingerprint density at radius 3 is 2.78 bits per heavy atom. The van der Waals surface area contributed by atoms with Gasteiger partial charge in [-0.3, -0.25) is 19.5 Å². The van der Waals surface area contributed by atoms with E-state index in [0.717, 1.165) is 5.56 Å². The molecule has 37 heavy (non-hydrogen) atoms. The maximum atomic E-state index is 13.6. The quantitative estimate of drug-likeness (QED) is 0.215. The van der Waals surface area contributed by atoms with Crippen molar-refractivity contribution in [3.8, 4) is 11.3 Å². The summed E-state index contributed by atoms with van der Waals surface area (Å²) >= 11 is 1.17. The fourth-order valence-electron chi connectivity index (χ4n) is 4.20. The largest absolute Gasteiger partial charge is 0.465 e. The number of aryl methyl sites for hydroxylation is 1. The predicted molar refractivity (Wildman–Crippen MR) is 135 cm³/mol. The molecular formula is C26H21N3O7S. The molecule has 0 fully saturated rings. The lowest BCUT2D eigenvalue weighted by molar-refractivity contribution is -0.384. The summed E-state index contributed by atoms with van der Waals surface area (Å²) in [5, 5.41) is 11.3. The van der Waals surface area contributed by atoms with Crippen molar-refractivity contribution < 1.29 is 23.3 Å². The summed E-state index contributed by atoms with van der Waals surface area (Å²) in [6, 6.07) is 10.3. The Morgan fingerprint density at radius 2 is 2.08 bits per heavy atom. The van der Waals surface area contributed by atoms with E-state index < -0.39 is 16.9 Å². The Balaban J connectivity index is 1.70. The molecule has 0 N–H and O–H groups in total. The number of carbonyl (C=O) groups is 1. The van der Waals surface area contributed by atoms with Crippen LogP contribution in [0.3, 0.4) is 0 Å². The summed E-state index contributed by atoms with van der Waals surface area (Å²) in [5.41, 5.74) is 1.43. The molecule has 1 aliphatic rings. The highest BCUT2D eigenvalue weighted by molar-refractivity contribution is 7.07. The van der Waals surface area contributed by atoms with Crippen LogP contribution in [0.2, 0.25) is 0 Å². The first-order chi connectivity index (χ1) is 17.8. The molecule has 4 aromatic rings. The van der Waals surface area contributed by atoms with Gasteiger partial charge in [-0.25, -0.2) is 9.79 Å². The number of ether oxygens (including phenoxy) is 1. The molecule has 11 heteroatoms. The lowest BCUT2D eigenvalue weighted by atomic mass is 10.0. The van der Waals surface area contributed by atoms with E-state index in [1.807, 2.05) is 6.92 Å². The van der Waals surface area contributed by atoms with Gasteiger partial charge in [-0.05, 0) is 50.6 Å². The average molecular weight is 520 g/mol. The summed E-state index contributed by atoms with van der Waals surface area (Å²) in [4.78, 5) is 42.3. The summed E-state index contributed by atoms with van der Waals surface area (Å²) in [7, 11) is 0. The zero-order valence-electron chi connectivity index (χ0n) is 20.1. The number of fused-ring (bicyclic) bond motifs is 1. The monoisotopic (exact) mass is 519 g/mol. The second-order valence-electron chi connectivity index (χ2n) is 8.28. The van der Waals surface area contributed by atoms with E-state index in [1.165, 1.54) is 34.3 Å². The third-order valence-electron chi connectivity index (χ3n) is 5.93. The van der Waals surface area contributed by atoms with E-state index >= 15 is 0 Å². The number of benzene rings is 1. The molecule has 0 saturated carbocycles. The van der Waals surface area contributed by atoms with Gasteiger partial charge in [0.2, 0.25) is 0 Å². The number of aromatic nitrogens is 1. The molecule has 10 nitrogen and oxygen atoms in total. The number of nitro benzene ring substituents is 1. The van der Waals surface area contributed by atoms with Crippen molar-refractivity contribution in [1.82, 2.24) is 4.57 Å². The summed E-state index contributed by atoms with van der Waals surface area (Å²) in [6.07, 6.45) is 3.12. The van der Waals surface area contributed by atoms with E-state index in [4.69, 9.17) is 13.6 Å². The third kappa shape index (κ3) is 4.33. The number of thiazole rings is 1. The first-order valence-corrected chi connectivity index (χ1v) is 12.2. The first kappa shape index (κ1) is 24.2. The first-order valence-electron chi connectivity index (χ1n) is 11.4. The van der Waals surface area contributed by atoms with Crippen molar-refractivity contribution >= 4 is 29.1 Å². The Labute approximate surface area is 213 Å². The van der Waals surface area contributed by atoms with Crippen molar-refractivity contribution in [3.05, 3.63) is 107 Å². The number of esters is 1. The van der Waals surface area contributed by atoms with E-state index in [0.29, 0.717) is 37.9 Å². The van der Waals surface area contributed by atoms with E-state index in [2.05, 4.69) is 4.99 Å². The van der Waals surface area contributed by atoms with E-state index in [9.17, 15) is 19.7 Å². The van der Waals surface area contributed by atoms with Crippen molar-refractivity contribution in [2.24, 2.45) is 4.99 Å². The molecule has 0 saturated heterocycles. The standard InChI is InChI=1S/C26H21N3O7S/c1-4-34-25(31)22-15(3)27-26-28(24(30)21(37-26)13-17-6-5-11-35-17)23(22)20-10-9-19(36-20)18-12-16(29(32)33)8-7-14(18)2/h5-13,23H,4H2,1-3H3/b21-13-/t23-/m1/s1. The minimum absolute atomic E-state index is 0.0765. The van der Waals surface area contributed by atoms with Crippen LogP contribution in [0.4, 0.5) is 5.69 Å². The van der Waals surface area contributed by atoms with Gasteiger partial charge in [0, 0.05) is 23.8 Å². The summed E-state index contributed by atoms with van der Waals surface area (Å²) < 4.78 is 18.6. The van der Waals surface area contributed by atoms with Gasteiger partial charge in [0.25, 0.3) is 11.2 Å². The highest BCUT2D eigenvalue weighted by Gasteiger charge is 2.35.